The zero-order valence-corrected chi connectivity index (χ0v) is 11.0. The van der Waals surface area contributed by atoms with Crippen molar-refractivity contribution in [3.63, 3.8) is 0 Å². The zero-order chi connectivity index (χ0) is 12.8. The fourth-order valence-electron chi connectivity index (χ4n) is 1.97. The number of carbonyl (C=O) groups is 2. The van der Waals surface area contributed by atoms with E-state index in [1.54, 1.807) is 9.80 Å². The van der Waals surface area contributed by atoms with Crippen molar-refractivity contribution in [3.8, 4) is 0 Å². The lowest BCUT2D eigenvalue weighted by Gasteiger charge is -2.36. The smallest absolute Gasteiger partial charge is 0.312 e. The Bertz CT molecular complexity index is 279. The Hall–Kier alpha value is -1.10. The predicted octanol–water partition coefficient (Wildman–Crippen LogP) is 0.0652. The number of carbonyl (C=O) groups excluding carboxylic acids is 2. The van der Waals surface area contributed by atoms with Crippen molar-refractivity contribution in [3.05, 3.63) is 0 Å². The van der Waals surface area contributed by atoms with Gasteiger partial charge < -0.3 is 15.1 Å². The predicted molar refractivity (Wildman–Crippen MR) is 66.6 cm³/mol. The highest BCUT2D eigenvalue weighted by Gasteiger charge is 2.33. The number of nitrogens with one attached hydrogen (secondary N) is 1. The average molecular weight is 241 g/mol. The van der Waals surface area contributed by atoms with Gasteiger partial charge in [-0.3, -0.25) is 9.59 Å². The summed E-state index contributed by atoms with van der Waals surface area (Å²) in [6.45, 7) is 9.74. The number of amides is 2. The third-order valence-corrected chi connectivity index (χ3v) is 3.00. The van der Waals surface area contributed by atoms with Crippen molar-refractivity contribution in [1.29, 1.82) is 0 Å². The highest BCUT2D eigenvalue weighted by Crippen LogP contribution is 2.09. The summed E-state index contributed by atoms with van der Waals surface area (Å²) in [7, 11) is 0. The molecule has 1 heterocycles. The van der Waals surface area contributed by atoms with Gasteiger partial charge in [0.15, 0.2) is 0 Å². The van der Waals surface area contributed by atoms with Gasteiger partial charge in [0.2, 0.25) is 0 Å². The monoisotopic (exact) mass is 241 g/mol. The first-order valence-electron chi connectivity index (χ1n) is 6.38. The summed E-state index contributed by atoms with van der Waals surface area (Å²) in [6, 6.07) is 0.107. The standard InChI is InChI=1S/C12H23N3O2/c1-4-13-6-5-7-14-8-9-15(10(2)3)12(17)11(14)16/h10,13H,4-9H2,1-3H3. The van der Waals surface area contributed by atoms with Crippen LogP contribution in [-0.2, 0) is 9.59 Å². The topological polar surface area (TPSA) is 52.6 Å². The van der Waals surface area contributed by atoms with E-state index in [9.17, 15) is 9.59 Å². The van der Waals surface area contributed by atoms with E-state index in [2.05, 4.69) is 12.2 Å². The third-order valence-electron chi connectivity index (χ3n) is 3.00. The molecular formula is C12H23N3O2. The Labute approximate surface area is 103 Å². The van der Waals surface area contributed by atoms with Gasteiger partial charge >= 0.3 is 11.8 Å². The molecule has 0 atom stereocenters. The summed E-state index contributed by atoms with van der Waals surface area (Å²) in [5.41, 5.74) is 0. The van der Waals surface area contributed by atoms with E-state index in [4.69, 9.17) is 0 Å². The quantitative estimate of drug-likeness (QED) is 0.529. The molecule has 98 valence electrons. The maximum Gasteiger partial charge on any atom is 0.312 e. The van der Waals surface area contributed by atoms with Gasteiger partial charge in [-0.15, -0.1) is 0 Å². The van der Waals surface area contributed by atoms with Crippen LogP contribution in [0.2, 0.25) is 0 Å². The van der Waals surface area contributed by atoms with E-state index < -0.39 is 0 Å². The van der Waals surface area contributed by atoms with Crippen molar-refractivity contribution in [2.24, 2.45) is 0 Å². The van der Waals surface area contributed by atoms with Crippen LogP contribution in [0.5, 0.6) is 0 Å². The lowest BCUT2D eigenvalue weighted by Crippen LogP contribution is -2.56. The Kier molecular flexibility index (Phi) is 5.41. The second-order valence-corrected chi connectivity index (χ2v) is 4.59. The Morgan fingerprint density at radius 3 is 2.53 bits per heavy atom. The van der Waals surface area contributed by atoms with Crippen molar-refractivity contribution in [1.82, 2.24) is 15.1 Å². The van der Waals surface area contributed by atoms with Crippen LogP contribution in [0.25, 0.3) is 0 Å². The van der Waals surface area contributed by atoms with Crippen molar-refractivity contribution < 1.29 is 9.59 Å². The van der Waals surface area contributed by atoms with Gasteiger partial charge in [0.05, 0.1) is 0 Å². The molecule has 0 saturated carbocycles. The fourth-order valence-corrected chi connectivity index (χ4v) is 1.97. The summed E-state index contributed by atoms with van der Waals surface area (Å²) in [6.07, 6.45) is 0.897. The van der Waals surface area contributed by atoms with E-state index in [0.29, 0.717) is 19.6 Å². The molecule has 2 amide bonds. The molecule has 5 heteroatoms. The Balaban J connectivity index is 2.40. The molecule has 1 saturated heterocycles. The number of hydrogen-bond donors (Lipinski definition) is 1. The minimum absolute atomic E-state index is 0.107. The molecule has 5 nitrogen and oxygen atoms in total. The minimum Gasteiger partial charge on any atom is -0.333 e. The van der Waals surface area contributed by atoms with Gasteiger partial charge in [0, 0.05) is 25.7 Å². The van der Waals surface area contributed by atoms with Crippen LogP contribution in [0, 0.1) is 0 Å². The van der Waals surface area contributed by atoms with Gasteiger partial charge in [-0.2, -0.15) is 0 Å². The Morgan fingerprint density at radius 2 is 1.94 bits per heavy atom. The molecule has 0 aromatic rings. The summed E-state index contributed by atoms with van der Waals surface area (Å²) >= 11 is 0. The van der Waals surface area contributed by atoms with Crippen molar-refractivity contribution >= 4 is 11.8 Å². The molecule has 0 radical (unpaired) electrons. The largest absolute Gasteiger partial charge is 0.333 e. The molecule has 0 aromatic heterocycles. The second-order valence-electron chi connectivity index (χ2n) is 4.59. The Morgan fingerprint density at radius 1 is 1.24 bits per heavy atom. The van der Waals surface area contributed by atoms with Crippen molar-refractivity contribution in [2.45, 2.75) is 33.2 Å². The van der Waals surface area contributed by atoms with Gasteiger partial charge in [-0.25, -0.2) is 0 Å². The van der Waals surface area contributed by atoms with Crippen LogP contribution in [0.4, 0.5) is 0 Å². The molecule has 1 rings (SSSR count). The van der Waals surface area contributed by atoms with Gasteiger partial charge in [0.25, 0.3) is 0 Å². The van der Waals surface area contributed by atoms with E-state index in [1.165, 1.54) is 0 Å². The van der Waals surface area contributed by atoms with Gasteiger partial charge in [-0.1, -0.05) is 6.92 Å². The molecule has 0 spiro atoms. The first-order chi connectivity index (χ1) is 8.07. The van der Waals surface area contributed by atoms with Crippen LogP contribution in [0.3, 0.4) is 0 Å². The molecule has 0 aromatic carbocycles. The molecule has 1 aliphatic rings. The van der Waals surface area contributed by atoms with E-state index in [0.717, 1.165) is 19.5 Å². The number of rotatable bonds is 6. The van der Waals surface area contributed by atoms with Crippen LogP contribution >= 0.6 is 0 Å². The second kappa shape index (κ2) is 6.59. The van der Waals surface area contributed by atoms with Gasteiger partial charge in [0.1, 0.15) is 0 Å². The molecular weight excluding hydrogens is 218 g/mol. The highest BCUT2D eigenvalue weighted by molar-refractivity contribution is 6.35. The summed E-state index contributed by atoms with van der Waals surface area (Å²) < 4.78 is 0. The molecule has 1 N–H and O–H groups in total. The summed E-state index contributed by atoms with van der Waals surface area (Å²) in [5, 5.41) is 3.21. The number of nitrogens with zero attached hydrogens (tertiary/aromatic N) is 2. The van der Waals surface area contributed by atoms with Crippen LogP contribution in [-0.4, -0.2) is 60.4 Å². The highest BCUT2D eigenvalue weighted by atomic mass is 16.2. The molecule has 0 unspecified atom stereocenters. The van der Waals surface area contributed by atoms with Gasteiger partial charge in [-0.05, 0) is 33.4 Å². The minimum atomic E-state index is -0.352. The molecule has 1 aliphatic heterocycles. The summed E-state index contributed by atoms with van der Waals surface area (Å²) in [5.74, 6) is -0.698. The normalized spacial score (nSPS) is 17.2. The maximum absolute atomic E-state index is 11.8. The van der Waals surface area contributed by atoms with Crippen LogP contribution in [0.1, 0.15) is 27.2 Å². The number of piperazine rings is 1. The molecule has 0 aliphatic carbocycles. The van der Waals surface area contributed by atoms with E-state index in [-0.39, 0.29) is 17.9 Å². The van der Waals surface area contributed by atoms with Crippen molar-refractivity contribution in [2.75, 3.05) is 32.7 Å². The average Bonchev–Trinajstić information content (AvgIpc) is 2.29. The first kappa shape index (κ1) is 14.0. The van der Waals surface area contributed by atoms with E-state index in [1.807, 2.05) is 13.8 Å². The fraction of sp³-hybridized carbons (Fsp3) is 0.833. The molecule has 0 bridgehead atoms. The lowest BCUT2D eigenvalue weighted by atomic mass is 10.2. The SMILES string of the molecule is CCNCCCN1CCN(C(C)C)C(=O)C1=O. The molecule has 17 heavy (non-hydrogen) atoms. The summed E-state index contributed by atoms with van der Waals surface area (Å²) in [4.78, 5) is 26.9. The molecule has 1 fully saturated rings. The zero-order valence-electron chi connectivity index (χ0n) is 11.0. The number of hydrogen-bond acceptors (Lipinski definition) is 3. The van der Waals surface area contributed by atoms with E-state index >= 15 is 0 Å². The van der Waals surface area contributed by atoms with Crippen LogP contribution in [0.15, 0.2) is 0 Å². The lowest BCUT2D eigenvalue weighted by molar-refractivity contribution is -0.157. The first-order valence-corrected chi connectivity index (χ1v) is 6.38. The third kappa shape index (κ3) is 3.70. The van der Waals surface area contributed by atoms with Crippen LogP contribution < -0.4 is 5.32 Å². The maximum atomic E-state index is 11.8.